The Hall–Kier alpha value is -1.11. The van der Waals surface area contributed by atoms with Crippen LogP contribution in [0, 0.1) is 0 Å². The van der Waals surface area contributed by atoms with Gasteiger partial charge in [0.2, 0.25) is 0 Å². The van der Waals surface area contributed by atoms with Crippen molar-refractivity contribution < 1.29 is 19.0 Å². The lowest BCUT2D eigenvalue weighted by Crippen LogP contribution is -2.32. The zero-order valence-corrected chi connectivity index (χ0v) is 13.5. The van der Waals surface area contributed by atoms with Crippen molar-refractivity contribution in [1.82, 2.24) is 5.32 Å². The summed E-state index contributed by atoms with van der Waals surface area (Å²) in [6.07, 6.45) is 0. The number of rotatable bonds is 8. The van der Waals surface area contributed by atoms with Crippen molar-refractivity contribution in [1.29, 1.82) is 0 Å². The lowest BCUT2D eigenvalue weighted by atomic mass is 10.1. The fourth-order valence-electron chi connectivity index (χ4n) is 1.72. The molecule has 1 rings (SSSR count). The van der Waals surface area contributed by atoms with Crippen LogP contribution in [0.3, 0.4) is 0 Å². The van der Waals surface area contributed by atoms with Crippen LogP contribution in [0.5, 0.6) is 5.75 Å². The molecule has 0 aliphatic heterocycles. The first kappa shape index (κ1) is 16.9. The van der Waals surface area contributed by atoms with E-state index in [9.17, 15) is 4.79 Å². The molecule has 0 aliphatic carbocycles. The number of ether oxygens (including phenoxy) is 3. The van der Waals surface area contributed by atoms with Gasteiger partial charge in [0, 0.05) is 18.1 Å². The number of hydrogen-bond donors (Lipinski definition) is 1. The Morgan fingerprint density at radius 2 is 2.15 bits per heavy atom. The van der Waals surface area contributed by atoms with Crippen molar-refractivity contribution in [2.24, 2.45) is 0 Å². The normalized spacial score (nSPS) is 12.0. The van der Waals surface area contributed by atoms with Gasteiger partial charge in [-0.25, -0.2) is 4.79 Å². The summed E-state index contributed by atoms with van der Waals surface area (Å²) in [7, 11) is 3.20. The molecule has 6 heteroatoms. The highest BCUT2D eigenvalue weighted by Gasteiger charge is 2.24. The van der Waals surface area contributed by atoms with E-state index < -0.39 is 6.04 Å². The molecule has 0 heterocycles. The van der Waals surface area contributed by atoms with Gasteiger partial charge in [0.15, 0.2) is 0 Å². The van der Waals surface area contributed by atoms with Gasteiger partial charge >= 0.3 is 5.97 Å². The summed E-state index contributed by atoms with van der Waals surface area (Å²) in [6.45, 7) is 3.18. The van der Waals surface area contributed by atoms with E-state index in [0.29, 0.717) is 25.5 Å². The molecule has 20 heavy (non-hydrogen) atoms. The van der Waals surface area contributed by atoms with E-state index in [2.05, 4.69) is 21.2 Å². The maximum Gasteiger partial charge on any atom is 0.327 e. The van der Waals surface area contributed by atoms with E-state index in [1.807, 2.05) is 18.2 Å². The molecule has 0 saturated carbocycles. The first-order valence-electron chi connectivity index (χ1n) is 6.36. The summed E-state index contributed by atoms with van der Waals surface area (Å²) in [4.78, 5) is 12.1. The van der Waals surface area contributed by atoms with E-state index in [4.69, 9.17) is 14.2 Å². The van der Waals surface area contributed by atoms with Crippen LogP contribution in [0.25, 0.3) is 0 Å². The first-order valence-corrected chi connectivity index (χ1v) is 7.15. The molecule has 0 aromatic heterocycles. The molecule has 0 bridgehead atoms. The van der Waals surface area contributed by atoms with E-state index in [1.165, 1.54) is 0 Å². The van der Waals surface area contributed by atoms with Gasteiger partial charge in [0.1, 0.15) is 11.8 Å². The van der Waals surface area contributed by atoms with Crippen molar-refractivity contribution in [2.45, 2.75) is 13.0 Å². The molecule has 0 saturated heterocycles. The summed E-state index contributed by atoms with van der Waals surface area (Å²) in [6, 6.07) is 4.92. The average Bonchev–Trinajstić information content (AvgIpc) is 2.45. The molecule has 0 spiro atoms. The Labute approximate surface area is 127 Å². The molecule has 0 radical (unpaired) electrons. The third-order valence-electron chi connectivity index (χ3n) is 2.69. The van der Waals surface area contributed by atoms with Gasteiger partial charge in [-0.1, -0.05) is 15.9 Å². The smallest absolute Gasteiger partial charge is 0.327 e. The van der Waals surface area contributed by atoms with Crippen molar-refractivity contribution >= 4 is 21.9 Å². The predicted molar refractivity (Wildman–Crippen MR) is 79.9 cm³/mol. The number of hydrogen-bond acceptors (Lipinski definition) is 5. The number of esters is 1. The molecular formula is C14H20BrNO4. The first-order chi connectivity index (χ1) is 9.63. The summed E-state index contributed by atoms with van der Waals surface area (Å²) >= 11 is 3.45. The molecular weight excluding hydrogens is 326 g/mol. The molecule has 112 valence electrons. The summed E-state index contributed by atoms with van der Waals surface area (Å²) in [5.41, 5.74) is 0.777. The van der Waals surface area contributed by atoms with E-state index in [0.717, 1.165) is 10.0 Å². The number of benzene rings is 1. The third kappa shape index (κ3) is 4.77. The maximum absolute atomic E-state index is 12.1. The molecule has 5 nitrogen and oxygen atoms in total. The van der Waals surface area contributed by atoms with Gasteiger partial charge < -0.3 is 14.2 Å². The van der Waals surface area contributed by atoms with Crippen LogP contribution in [0.4, 0.5) is 0 Å². The molecule has 0 amide bonds. The predicted octanol–water partition coefficient (Wildman–Crippen LogP) is 2.30. The lowest BCUT2D eigenvalue weighted by Gasteiger charge is -2.19. The molecule has 1 aromatic rings. The second-order valence-corrected chi connectivity index (χ2v) is 4.87. The van der Waals surface area contributed by atoms with Crippen molar-refractivity contribution in [3.63, 3.8) is 0 Å². The van der Waals surface area contributed by atoms with Crippen LogP contribution in [-0.4, -0.2) is 39.9 Å². The second-order valence-electron chi connectivity index (χ2n) is 4.02. The second kappa shape index (κ2) is 8.94. The molecule has 1 atom stereocenters. The summed E-state index contributed by atoms with van der Waals surface area (Å²) in [5.74, 6) is 0.364. The van der Waals surface area contributed by atoms with Gasteiger partial charge in [-0.15, -0.1) is 0 Å². The number of carbonyl (C=O) groups is 1. The van der Waals surface area contributed by atoms with Gasteiger partial charge in [0.05, 0.1) is 20.3 Å². The number of nitrogens with one attached hydrogen (secondary N) is 1. The topological polar surface area (TPSA) is 56.8 Å². The van der Waals surface area contributed by atoms with E-state index in [-0.39, 0.29) is 5.97 Å². The van der Waals surface area contributed by atoms with Crippen LogP contribution >= 0.6 is 15.9 Å². The highest BCUT2D eigenvalue weighted by molar-refractivity contribution is 9.10. The Kier molecular flexibility index (Phi) is 7.58. The molecule has 0 fully saturated rings. The highest BCUT2D eigenvalue weighted by Crippen LogP contribution is 2.28. The van der Waals surface area contributed by atoms with Crippen molar-refractivity contribution in [2.75, 3.05) is 34.0 Å². The van der Waals surface area contributed by atoms with Crippen LogP contribution in [-0.2, 0) is 14.3 Å². The van der Waals surface area contributed by atoms with Gasteiger partial charge in [-0.2, -0.15) is 0 Å². The van der Waals surface area contributed by atoms with Crippen LogP contribution in [0.15, 0.2) is 22.7 Å². The van der Waals surface area contributed by atoms with E-state index >= 15 is 0 Å². The maximum atomic E-state index is 12.1. The minimum absolute atomic E-state index is 0.322. The third-order valence-corrected chi connectivity index (χ3v) is 3.41. The van der Waals surface area contributed by atoms with Crippen LogP contribution < -0.4 is 10.1 Å². The fraction of sp³-hybridized carbons (Fsp3) is 0.500. The van der Waals surface area contributed by atoms with Crippen molar-refractivity contribution in [3.05, 3.63) is 28.2 Å². The van der Waals surface area contributed by atoms with Crippen LogP contribution in [0.1, 0.15) is 18.5 Å². The quantitative estimate of drug-likeness (QED) is 0.578. The Balaban J connectivity index is 2.98. The lowest BCUT2D eigenvalue weighted by molar-refractivity contribution is -0.145. The van der Waals surface area contributed by atoms with E-state index in [1.54, 1.807) is 21.1 Å². The Morgan fingerprint density at radius 1 is 1.40 bits per heavy atom. The van der Waals surface area contributed by atoms with Gasteiger partial charge in [0.25, 0.3) is 0 Å². The van der Waals surface area contributed by atoms with Crippen molar-refractivity contribution in [3.8, 4) is 5.75 Å². The fourth-order valence-corrected chi connectivity index (χ4v) is 2.20. The van der Waals surface area contributed by atoms with Gasteiger partial charge in [-0.3, -0.25) is 5.32 Å². The van der Waals surface area contributed by atoms with Crippen LogP contribution in [0.2, 0.25) is 0 Å². The number of halogens is 1. The Morgan fingerprint density at radius 3 is 2.75 bits per heavy atom. The standard InChI is InChI=1S/C14H20BrNO4/c1-4-20-14(17)13(16-7-8-18-2)11-9-10(19-3)5-6-12(11)15/h5-6,9,13,16H,4,7-8H2,1-3H3. The highest BCUT2D eigenvalue weighted by atomic mass is 79.9. The monoisotopic (exact) mass is 345 g/mol. The average molecular weight is 346 g/mol. The summed E-state index contributed by atoms with van der Waals surface area (Å²) < 4.78 is 16.1. The molecule has 1 N–H and O–H groups in total. The zero-order chi connectivity index (χ0) is 15.0. The SMILES string of the molecule is CCOC(=O)C(NCCOC)c1cc(OC)ccc1Br. The largest absolute Gasteiger partial charge is 0.497 e. The zero-order valence-electron chi connectivity index (χ0n) is 11.9. The Bertz CT molecular complexity index is 439. The number of carbonyl (C=O) groups excluding carboxylic acids is 1. The summed E-state index contributed by atoms with van der Waals surface area (Å²) in [5, 5.41) is 3.13. The molecule has 0 aliphatic rings. The van der Waals surface area contributed by atoms with Gasteiger partial charge in [-0.05, 0) is 30.7 Å². The molecule has 1 unspecified atom stereocenters. The molecule has 1 aromatic carbocycles. The minimum Gasteiger partial charge on any atom is -0.497 e. The minimum atomic E-state index is -0.561. The number of methoxy groups -OCH3 is 2.